The van der Waals surface area contributed by atoms with Crippen LogP contribution in [-0.2, 0) is 4.74 Å². The van der Waals surface area contributed by atoms with Gasteiger partial charge in [-0.15, -0.1) is 9.89 Å². The Morgan fingerprint density at radius 1 is 1.50 bits per heavy atom. The maximum atomic E-state index is 11.8. The average molecular weight is 295 g/mol. The van der Waals surface area contributed by atoms with E-state index in [1.807, 2.05) is 0 Å². The van der Waals surface area contributed by atoms with Gasteiger partial charge in [0.25, 0.3) is 0 Å². The van der Waals surface area contributed by atoms with Crippen LogP contribution in [0.3, 0.4) is 0 Å². The molecule has 2 rings (SSSR count). The zero-order valence-electron chi connectivity index (χ0n) is 10.5. The van der Waals surface area contributed by atoms with E-state index in [0.29, 0.717) is 5.02 Å². The van der Waals surface area contributed by atoms with Crippen molar-refractivity contribution < 1.29 is 9.53 Å². The van der Waals surface area contributed by atoms with Crippen molar-refractivity contribution >= 4 is 23.8 Å². The zero-order chi connectivity index (χ0) is 14.5. The number of carbonyl (C=O) groups is 1. The summed E-state index contributed by atoms with van der Waals surface area (Å²) in [6.07, 6.45) is 1.44. The van der Waals surface area contributed by atoms with Gasteiger partial charge in [-0.05, 0) is 24.6 Å². The molecule has 0 atom stereocenters. The number of ether oxygens (including phenoxy) is 1. The van der Waals surface area contributed by atoms with Crippen molar-refractivity contribution in [3.05, 3.63) is 50.9 Å². The van der Waals surface area contributed by atoms with Crippen LogP contribution in [-0.4, -0.2) is 33.9 Å². The lowest BCUT2D eigenvalue weighted by Gasteiger charge is -1.94. The Labute approximate surface area is 118 Å². The highest BCUT2D eigenvalue weighted by Crippen LogP contribution is 2.07. The largest absolute Gasteiger partial charge is 0.461 e. The first-order valence-electron chi connectivity index (χ1n) is 5.76. The minimum atomic E-state index is -0.783. The smallest absolute Gasteiger partial charge is 0.364 e. The molecule has 1 N–H and O–H groups in total. The minimum absolute atomic E-state index is 0.166. The lowest BCUT2D eigenvalue weighted by atomic mass is 10.2. The number of halogens is 1. The molecular formula is C12H11ClN4O3. The number of H-pyrrole nitrogens is 1. The molecule has 0 aliphatic rings. The van der Waals surface area contributed by atoms with E-state index in [9.17, 15) is 9.59 Å². The molecule has 0 aliphatic heterocycles. The average Bonchev–Trinajstić information content (AvgIpc) is 2.80. The van der Waals surface area contributed by atoms with Gasteiger partial charge in [0.2, 0.25) is 5.69 Å². The van der Waals surface area contributed by atoms with Crippen LogP contribution < -0.4 is 5.56 Å². The highest BCUT2D eigenvalue weighted by Gasteiger charge is 2.17. The predicted molar refractivity (Wildman–Crippen MR) is 73.2 cm³/mol. The number of nitrogens with one attached hydrogen (secondary N) is 1. The Morgan fingerprint density at radius 2 is 2.20 bits per heavy atom. The van der Waals surface area contributed by atoms with E-state index in [1.165, 1.54) is 6.21 Å². The molecule has 8 heteroatoms. The van der Waals surface area contributed by atoms with Gasteiger partial charge in [-0.1, -0.05) is 23.7 Å². The van der Waals surface area contributed by atoms with Gasteiger partial charge >= 0.3 is 11.5 Å². The van der Waals surface area contributed by atoms with Crippen molar-refractivity contribution in [1.82, 2.24) is 15.1 Å². The van der Waals surface area contributed by atoms with Gasteiger partial charge in [0.05, 0.1) is 12.8 Å². The van der Waals surface area contributed by atoms with Gasteiger partial charge in [0, 0.05) is 5.02 Å². The molecule has 2 aromatic rings. The molecule has 0 unspecified atom stereocenters. The van der Waals surface area contributed by atoms with Gasteiger partial charge in [-0.25, -0.2) is 4.79 Å². The van der Waals surface area contributed by atoms with Crippen molar-refractivity contribution in [2.24, 2.45) is 5.10 Å². The van der Waals surface area contributed by atoms with E-state index < -0.39 is 11.5 Å². The molecule has 0 saturated heterocycles. The van der Waals surface area contributed by atoms with Crippen molar-refractivity contribution in [3.63, 3.8) is 0 Å². The monoisotopic (exact) mass is 294 g/mol. The second-order valence-electron chi connectivity index (χ2n) is 3.69. The predicted octanol–water partition coefficient (Wildman–Crippen LogP) is 1.28. The Kier molecular flexibility index (Phi) is 4.31. The van der Waals surface area contributed by atoms with Crippen LogP contribution in [0.5, 0.6) is 0 Å². The van der Waals surface area contributed by atoms with E-state index in [-0.39, 0.29) is 12.3 Å². The molecule has 1 aromatic heterocycles. The number of rotatable bonds is 4. The summed E-state index contributed by atoms with van der Waals surface area (Å²) < 4.78 is 4.70. The van der Waals surface area contributed by atoms with E-state index in [0.717, 1.165) is 10.4 Å². The number of aromatic amines is 1. The Morgan fingerprint density at radius 3 is 2.85 bits per heavy atom. The molecule has 104 valence electrons. The summed E-state index contributed by atoms with van der Waals surface area (Å²) in [5, 5.41) is 10.4. The number of hydrogen-bond acceptors (Lipinski definition) is 5. The number of aromatic nitrogens is 3. The molecule has 0 saturated carbocycles. The third-order valence-electron chi connectivity index (χ3n) is 2.31. The van der Waals surface area contributed by atoms with Gasteiger partial charge < -0.3 is 4.74 Å². The normalized spacial score (nSPS) is 10.9. The van der Waals surface area contributed by atoms with Crippen LogP contribution in [0.4, 0.5) is 0 Å². The van der Waals surface area contributed by atoms with Gasteiger partial charge in [-0.3, -0.25) is 4.79 Å². The highest BCUT2D eigenvalue weighted by atomic mass is 35.5. The van der Waals surface area contributed by atoms with Crippen LogP contribution in [0.2, 0.25) is 5.02 Å². The van der Waals surface area contributed by atoms with Crippen molar-refractivity contribution in [3.8, 4) is 0 Å². The van der Waals surface area contributed by atoms with Crippen molar-refractivity contribution in [2.75, 3.05) is 6.61 Å². The maximum Gasteiger partial charge on any atom is 0.364 e. The number of benzene rings is 1. The van der Waals surface area contributed by atoms with Crippen LogP contribution in [0, 0.1) is 0 Å². The lowest BCUT2D eigenvalue weighted by molar-refractivity contribution is 0.0517. The van der Waals surface area contributed by atoms with Crippen molar-refractivity contribution in [2.45, 2.75) is 6.92 Å². The van der Waals surface area contributed by atoms with Gasteiger partial charge in [-0.2, -0.15) is 10.3 Å². The molecule has 0 aliphatic carbocycles. The molecule has 7 nitrogen and oxygen atoms in total. The fraction of sp³-hybridized carbons (Fsp3) is 0.167. The van der Waals surface area contributed by atoms with Crippen molar-refractivity contribution in [1.29, 1.82) is 0 Å². The molecular weight excluding hydrogens is 284 g/mol. The molecule has 0 bridgehead atoms. The molecule has 20 heavy (non-hydrogen) atoms. The quantitative estimate of drug-likeness (QED) is 0.679. The SMILES string of the molecule is CCOC(=O)c1n[nH]n(/N=C/c2ccc(Cl)cc2)c1=O. The third-order valence-corrected chi connectivity index (χ3v) is 2.56. The van der Waals surface area contributed by atoms with Gasteiger partial charge in [0.15, 0.2) is 0 Å². The fourth-order valence-electron chi connectivity index (χ4n) is 1.37. The van der Waals surface area contributed by atoms with E-state index >= 15 is 0 Å². The first kappa shape index (κ1) is 14.0. The summed E-state index contributed by atoms with van der Waals surface area (Å²) in [6.45, 7) is 1.81. The standard InChI is InChI=1S/C12H11ClN4O3/c1-2-20-12(19)10-11(18)17(16-15-10)14-7-8-3-5-9(13)6-4-8/h3-7,16H,2H2,1H3/b14-7+. The van der Waals surface area contributed by atoms with Gasteiger partial charge in [0.1, 0.15) is 0 Å². The van der Waals surface area contributed by atoms with Crippen LogP contribution in [0.1, 0.15) is 23.0 Å². The van der Waals surface area contributed by atoms with E-state index in [4.69, 9.17) is 16.3 Å². The Hall–Kier alpha value is -2.41. The zero-order valence-corrected chi connectivity index (χ0v) is 11.3. The molecule has 0 spiro atoms. The first-order chi connectivity index (χ1) is 9.61. The maximum absolute atomic E-state index is 11.8. The molecule has 0 radical (unpaired) electrons. The molecule has 1 aromatic carbocycles. The Bertz CT molecular complexity index is 687. The Balaban J connectivity index is 2.20. The lowest BCUT2D eigenvalue weighted by Crippen LogP contribution is -2.20. The number of hydrogen-bond donors (Lipinski definition) is 1. The summed E-state index contributed by atoms with van der Waals surface area (Å²) in [6, 6.07) is 6.87. The highest BCUT2D eigenvalue weighted by molar-refractivity contribution is 6.30. The van der Waals surface area contributed by atoms with E-state index in [1.54, 1.807) is 31.2 Å². The molecule has 1 heterocycles. The summed E-state index contributed by atoms with van der Waals surface area (Å²) >= 11 is 5.75. The minimum Gasteiger partial charge on any atom is -0.461 e. The molecule has 0 fully saturated rings. The first-order valence-corrected chi connectivity index (χ1v) is 6.14. The number of carbonyl (C=O) groups excluding carboxylic acids is 1. The van der Waals surface area contributed by atoms with Crippen LogP contribution >= 0.6 is 11.6 Å². The topological polar surface area (TPSA) is 89.3 Å². The number of nitrogens with zero attached hydrogens (tertiary/aromatic N) is 3. The summed E-state index contributed by atoms with van der Waals surface area (Å²) in [5.74, 6) is -0.783. The van der Waals surface area contributed by atoms with E-state index in [2.05, 4.69) is 15.4 Å². The molecule has 0 amide bonds. The van der Waals surface area contributed by atoms with Crippen LogP contribution in [0.25, 0.3) is 0 Å². The number of esters is 1. The third kappa shape index (κ3) is 3.12. The summed E-state index contributed by atoms with van der Waals surface area (Å²) in [5.41, 5.74) is -0.262. The fourth-order valence-corrected chi connectivity index (χ4v) is 1.50. The summed E-state index contributed by atoms with van der Waals surface area (Å²) in [4.78, 5) is 24.0. The second kappa shape index (κ2) is 6.16. The van der Waals surface area contributed by atoms with Crippen LogP contribution in [0.15, 0.2) is 34.2 Å². The second-order valence-corrected chi connectivity index (χ2v) is 4.13. The summed E-state index contributed by atoms with van der Waals surface area (Å²) in [7, 11) is 0.